The number of aromatic hydroxyl groups is 1. The second kappa shape index (κ2) is 6.17. The third-order valence-electron chi connectivity index (χ3n) is 3.26. The molecule has 2 rings (SSSR count). The minimum atomic E-state index is -0.297. The van der Waals surface area contributed by atoms with Crippen LogP contribution in [0, 0.1) is 0 Å². The molecule has 0 heterocycles. The molecule has 2 aromatic carbocycles. The average molecular weight is 286 g/mol. The number of carbonyl (C=O) groups excluding carboxylic acids is 1. The molecule has 110 valence electrons. The highest BCUT2D eigenvalue weighted by molar-refractivity contribution is 5.97. The number of methoxy groups -OCH3 is 1. The van der Waals surface area contributed by atoms with E-state index in [1.54, 1.807) is 31.3 Å². The van der Waals surface area contributed by atoms with Crippen molar-refractivity contribution in [2.24, 2.45) is 0 Å². The van der Waals surface area contributed by atoms with Crippen LogP contribution in [-0.2, 0) is 6.54 Å². The van der Waals surface area contributed by atoms with Crippen molar-refractivity contribution in [3.63, 3.8) is 0 Å². The first-order chi connectivity index (χ1) is 10.0. The van der Waals surface area contributed by atoms with Crippen LogP contribution < -0.4 is 10.5 Å². The highest BCUT2D eigenvalue weighted by Crippen LogP contribution is 2.30. The van der Waals surface area contributed by atoms with Crippen molar-refractivity contribution in [1.82, 2.24) is 4.90 Å². The molecular formula is C16H18N2O3. The second-order valence-corrected chi connectivity index (χ2v) is 4.72. The molecule has 0 aliphatic heterocycles. The van der Waals surface area contributed by atoms with E-state index in [0.29, 0.717) is 12.2 Å². The zero-order valence-corrected chi connectivity index (χ0v) is 12.0. The molecule has 21 heavy (non-hydrogen) atoms. The van der Waals surface area contributed by atoms with Crippen LogP contribution in [0.2, 0.25) is 0 Å². The Labute approximate surface area is 123 Å². The minimum absolute atomic E-state index is 0.155. The van der Waals surface area contributed by atoms with Gasteiger partial charge in [0.05, 0.1) is 12.7 Å². The van der Waals surface area contributed by atoms with Crippen LogP contribution in [0.4, 0.5) is 5.69 Å². The molecule has 0 spiro atoms. The lowest BCUT2D eigenvalue weighted by atomic mass is 10.1. The predicted octanol–water partition coefficient (Wildman–Crippen LogP) is 2.26. The van der Waals surface area contributed by atoms with Gasteiger partial charge in [-0.05, 0) is 23.8 Å². The summed E-state index contributed by atoms with van der Waals surface area (Å²) in [6.07, 6.45) is 0. The maximum atomic E-state index is 12.4. The van der Waals surface area contributed by atoms with E-state index >= 15 is 0 Å². The van der Waals surface area contributed by atoms with E-state index < -0.39 is 0 Å². The Balaban J connectivity index is 2.22. The number of nitrogens with zero attached hydrogens (tertiary/aromatic N) is 1. The van der Waals surface area contributed by atoms with E-state index in [2.05, 4.69) is 0 Å². The number of amides is 1. The number of nitrogens with two attached hydrogens (primary N) is 1. The summed E-state index contributed by atoms with van der Waals surface area (Å²) in [4.78, 5) is 13.9. The molecule has 0 bridgehead atoms. The second-order valence-electron chi connectivity index (χ2n) is 4.72. The van der Waals surface area contributed by atoms with Gasteiger partial charge in [0, 0.05) is 19.3 Å². The molecule has 0 saturated carbocycles. The normalized spacial score (nSPS) is 10.2. The van der Waals surface area contributed by atoms with E-state index in [9.17, 15) is 9.90 Å². The first-order valence-corrected chi connectivity index (χ1v) is 6.49. The zero-order chi connectivity index (χ0) is 15.4. The molecule has 0 aliphatic carbocycles. The molecule has 0 saturated heterocycles. The molecule has 2 aromatic rings. The van der Waals surface area contributed by atoms with Crippen LogP contribution >= 0.6 is 0 Å². The lowest BCUT2D eigenvalue weighted by Crippen LogP contribution is -2.26. The van der Waals surface area contributed by atoms with Crippen molar-refractivity contribution in [2.75, 3.05) is 19.9 Å². The summed E-state index contributed by atoms with van der Waals surface area (Å²) in [7, 11) is 3.10. The van der Waals surface area contributed by atoms with Crippen molar-refractivity contribution in [3.05, 3.63) is 53.6 Å². The Kier molecular flexibility index (Phi) is 4.33. The fraction of sp³-hybridized carbons (Fsp3) is 0.188. The van der Waals surface area contributed by atoms with Crippen LogP contribution in [0.1, 0.15) is 15.9 Å². The summed E-state index contributed by atoms with van der Waals surface area (Å²) in [6.45, 7) is 0.363. The summed E-state index contributed by atoms with van der Waals surface area (Å²) in [6, 6.07) is 12.2. The first-order valence-electron chi connectivity index (χ1n) is 6.49. The SMILES string of the molecule is COc1cccc(C(=O)N(C)Cc2ccccc2N)c1O. The van der Waals surface area contributed by atoms with Crippen molar-refractivity contribution in [1.29, 1.82) is 0 Å². The van der Waals surface area contributed by atoms with Gasteiger partial charge in [0.1, 0.15) is 0 Å². The number of ether oxygens (including phenoxy) is 1. The fourth-order valence-corrected chi connectivity index (χ4v) is 2.07. The van der Waals surface area contributed by atoms with Crippen LogP contribution in [0.15, 0.2) is 42.5 Å². The first kappa shape index (κ1) is 14.7. The van der Waals surface area contributed by atoms with Gasteiger partial charge in [-0.25, -0.2) is 0 Å². The number of rotatable bonds is 4. The number of phenols is 1. The van der Waals surface area contributed by atoms with Gasteiger partial charge >= 0.3 is 0 Å². The Morgan fingerprint density at radius 2 is 1.95 bits per heavy atom. The van der Waals surface area contributed by atoms with Gasteiger partial charge in [-0.3, -0.25) is 4.79 Å². The average Bonchev–Trinajstić information content (AvgIpc) is 2.49. The topological polar surface area (TPSA) is 75.8 Å². The largest absolute Gasteiger partial charge is 0.504 e. The summed E-state index contributed by atoms with van der Waals surface area (Å²) in [5.74, 6) is -0.180. The summed E-state index contributed by atoms with van der Waals surface area (Å²) < 4.78 is 5.01. The third kappa shape index (κ3) is 3.08. The van der Waals surface area contributed by atoms with Crippen molar-refractivity contribution in [2.45, 2.75) is 6.54 Å². The smallest absolute Gasteiger partial charge is 0.257 e. The van der Waals surface area contributed by atoms with E-state index in [1.807, 2.05) is 18.2 Å². The molecular weight excluding hydrogens is 268 g/mol. The highest BCUT2D eigenvalue weighted by Gasteiger charge is 2.19. The zero-order valence-electron chi connectivity index (χ0n) is 12.0. The van der Waals surface area contributed by atoms with Crippen LogP contribution in [0.3, 0.4) is 0 Å². The van der Waals surface area contributed by atoms with Crippen LogP contribution in [0.5, 0.6) is 11.5 Å². The van der Waals surface area contributed by atoms with E-state index in [0.717, 1.165) is 5.56 Å². The molecule has 0 unspecified atom stereocenters. The Morgan fingerprint density at radius 3 is 2.62 bits per heavy atom. The summed E-state index contributed by atoms with van der Waals surface area (Å²) >= 11 is 0. The summed E-state index contributed by atoms with van der Waals surface area (Å²) in [5, 5.41) is 10.0. The summed E-state index contributed by atoms with van der Waals surface area (Å²) in [5.41, 5.74) is 7.56. The third-order valence-corrected chi connectivity index (χ3v) is 3.26. The predicted molar refractivity (Wildman–Crippen MR) is 81.3 cm³/mol. The van der Waals surface area contributed by atoms with E-state index in [4.69, 9.17) is 10.5 Å². The number of hydrogen-bond acceptors (Lipinski definition) is 4. The molecule has 3 N–H and O–H groups in total. The van der Waals surface area contributed by atoms with Crippen molar-refractivity contribution in [3.8, 4) is 11.5 Å². The number of nitrogen functional groups attached to an aromatic ring is 1. The molecule has 0 aromatic heterocycles. The van der Waals surface area contributed by atoms with Gasteiger partial charge in [-0.1, -0.05) is 24.3 Å². The minimum Gasteiger partial charge on any atom is -0.504 e. The molecule has 0 atom stereocenters. The number of phenolic OH excluding ortho intramolecular Hbond substituents is 1. The maximum Gasteiger partial charge on any atom is 0.257 e. The fourth-order valence-electron chi connectivity index (χ4n) is 2.07. The quantitative estimate of drug-likeness (QED) is 0.845. The monoisotopic (exact) mass is 286 g/mol. The molecule has 5 heteroatoms. The number of para-hydroxylation sites is 2. The highest BCUT2D eigenvalue weighted by atomic mass is 16.5. The number of carbonyl (C=O) groups is 1. The lowest BCUT2D eigenvalue weighted by molar-refractivity contribution is 0.0781. The Bertz CT molecular complexity index is 656. The van der Waals surface area contributed by atoms with E-state index in [1.165, 1.54) is 12.0 Å². The number of benzene rings is 2. The number of anilines is 1. The maximum absolute atomic E-state index is 12.4. The van der Waals surface area contributed by atoms with Crippen molar-refractivity contribution >= 4 is 11.6 Å². The standard InChI is InChI=1S/C16H18N2O3/c1-18(10-11-6-3-4-8-13(11)17)16(20)12-7-5-9-14(21-2)15(12)19/h3-9,19H,10,17H2,1-2H3. The van der Waals surface area contributed by atoms with Crippen molar-refractivity contribution < 1.29 is 14.6 Å². The Hall–Kier alpha value is -2.69. The molecule has 0 fully saturated rings. The lowest BCUT2D eigenvalue weighted by Gasteiger charge is -2.19. The molecule has 1 amide bonds. The van der Waals surface area contributed by atoms with Crippen LogP contribution in [0.25, 0.3) is 0 Å². The van der Waals surface area contributed by atoms with Gasteiger partial charge in [0.2, 0.25) is 0 Å². The van der Waals surface area contributed by atoms with Gasteiger partial charge < -0.3 is 20.5 Å². The molecule has 0 radical (unpaired) electrons. The van der Waals surface area contributed by atoms with Gasteiger partial charge in [-0.2, -0.15) is 0 Å². The Morgan fingerprint density at radius 1 is 1.24 bits per heavy atom. The molecule has 0 aliphatic rings. The van der Waals surface area contributed by atoms with E-state index in [-0.39, 0.29) is 23.0 Å². The van der Waals surface area contributed by atoms with Gasteiger partial charge in [-0.15, -0.1) is 0 Å². The van der Waals surface area contributed by atoms with Gasteiger partial charge in [0.15, 0.2) is 11.5 Å². The molecule has 5 nitrogen and oxygen atoms in total. The van der Waals surface area contributed by atoms with Crippen LogP contribution in [-0.4, -0.2) is 30.1 Å². The van der Waals surface area contributed by atoms with Gasteiger partial charge in [0.25, 0.3) is 5.91 Å². The number of hydrogen-bond donors (Lipinski definition) is 2.